The highest BCUT2D eigenvalue weighted by Gasteiger charge is 2.34. The first-order valence-electron chi connectivity index (χ1n) is 7.84. The molecule has 0 aliphatic carbocycles. The fourth-order valence-corrected chi connectivity index (χ4v) is 3.03. The van der Waals surface area contributed by atoms with Crippen molar-refractivity contribution >= 4 is 11.6 Å². The second kappa shape index (κ2) is 6.65. The van der Waals surface area contributed by atoms with Crippen molar-refractivity contribution in [2.75, 3.05) is 25.5 Å². The van der Waals surface area contributed by atoms with Crippen molar-refractivity contribution in [1.29, 1.82) is 0 Å². The van der Waals surface area contributed by atoms with Gasteiger partial charge in [-0.05, 0) is 44.9 Å². The summed E-state index contributed by atoms with van der Waals surface area (Å²) in [5.74, 6) is -0.0852. The van der Waals surface area contributed by atoms with Crippen LogP contribution in [-0.2, 0) is 4.79 Å². The number of anilines is 1. The van der Waals surface area contributed by atoms with Crippen molar-refractivity contribution in [2.45, 2.75) is 45.3 Å². The zero-order chi connectivity index (χ0) is 16.4. The van der Waals surface area contributed by atoms with Crippen LogP contribution in [0.15, 0.2) is 18.2 Å². The Balaban J connectivity index is 2.13. The van der Waals surface area contributed by atoms with Gasteiger partial charge in [-0.2, -0.15) is 0 Å². The van der Waals surface area contributed by atoms with Gasteiger partial charge in [0.15, 0.2) is 0 Å². The van der Waals surface area contributed by atoms with Crippen LogP contribution in [0.3, 0.4) is 0 Å². The Morgan fingerprint density at radius 2 is 2.00 bits per heavy atom. The van der Waals surface area contributed by atoms with Gasteiger partial charge in [0.1, 0.15) is 5.82 Å². The van der Waals surface area contributed by atoms with Crippen molar-refractivity contribution in [3.05, 3.63) is 29.6 Å². The van der Waals surface area contributed by atoms with Crippen molar-refractivity contribution in [3.8, 4) is 0 Å². The molecular formula is C17H26FN3O. The average molecular weight is 307 g/mol. The zero-order valence-corrected chi connectivity index (χ0v) is 14.1. The lowest BCUT2D eigenvalue weighted by atomic mass is 10.0. The molecule has 1 aliphatic rings. The molecule has 122 valence electrons. The van der Waals surface area contributed by atoms with Crippen LogP contribution >= 0.6 is 0 Å². The minimum absolute atomic E-state index is 0.0148. The molecule has 22 heavy (non-hydrogen) atoms. The molecular weight excluding hydrogens is 281 g/mol. The summed E-state index contributed by atoms with van der Waals surface area (Å²) in [7, 11) is 3.79. The molecule has 0 radical (unpaired) electrons. The minimum Gasteiger partial charge on any atom is -0.377 e. The summed E-state index contributed by atoms with van der Waals surface area (Å²) in [5.41, 5.74) is 1.84. The van der Waals surface area contributed by atoms with Gasteiger partial charge < -0.3 is 9.80 Å². The van der Waals surface area contributed by atoms with Gasteiger partial charge in [-0.1, -0.05) is 6.07 Å². The molecule has 0 unspecified atom stereocenters. The number of likely N-dealkylation sites (tertiary alicyclic amines) is 1. The van der Waals surface area contributed by atoms with Crippen LogP contribution in [0.1, 0.15) is 38.8 Å². The van der Waals surface area contributed by atoms with Gasteiger partial charge in [0.2, 0.25) is 5.91 Å². The second-order valence-electron chi connectivity index (χ2n) is 6.45. The summed E-state index contributed by atoms with van der Waals surface area (Å²) in [6.45, 7) is 6.89. The van der Waals surface area contributed by atoms with E-state index in [0.717, 1.165) is 24.2 Å². The molecule has 4 nitrogen and oxygen atoms in total. The third kappa shape index (κ3) is 3.40. The largest absolute Gasteiger partial charge is 0.377 e. The van der Waals surface area contributed by atoms with E-state index in [9.17, 15) is 9.18 Å². The van der Waals surface area contributed by atoms with Gasteiger partial charge in [-0.3, -0.25) is 10.1 Å². The summed E-state index contributed by atoms with van der Waals surface area (Å²) in [6.07, 6.45) is 0.819. The van der Waals surface area contributed by atoms with E-state index in [4.69, 9.17) is 0 Å². The summed E-state index contributed by atoms with van der Waals surface area (Å²) < 4.78 is 13.5. The van der Waals surface area contributed by atoms with Crippen LogP contribution in [0.25, 0.3) is 0 Å². The number of nitrogens with zero attached hydrogens (tertiary/aromatic N) is 2. The number of hydrogen-bond donors (Lipinski definition) is 1. The van der Waals surface area contributed by atoms with E-state index in [-0.39, 0.29) is 29.8 Å². The number of carbonyl (C=O) groups is 1. The number of benzene rings is 1. The van der Waals surface area contributed by atoms with E-state index >= 15 is 0 Å². The quantitative estimate of drug-likeness (QED) is 0.908. The van der Waals surface area contributed by atoms with E-state index in [1.165, 1.54) is 12.1 Å². The molecule has 0 spiro atoms. The Morgan fingerprint density at radius 1 is 1.32 bits per heavy atom. The molecule has 1 aromatic carbocycles. The van der Waals surface area contributed by atoms with Crippen molar-refractivity contribution < 1.29 is 9.18 Å². The Kier molecular flexibility index (Phi) is 5.06. The van der Waals surface area contributed by atoms with Gasteiger partial charge in [0.05, 0.1) is 6.04 Å². The highest BCUT2D eigenvalue weighted by molar-refractivity contribution is 5.84. The van der Waals surface area contributed by atoms with Gasteiger partial charge in [-0.25, -0.2) is 4.39 Å². The average Bonchev–Trinajstić information content (AvgIpc) is 2.80. The first-order chi connectivity index (χ1) is 10.3. The molecule has 1 saturated heterocycles. The molecule has 1 N–H and O–H groups in total. The molecule has 5 heteroatoms. The lowest BCUT2D eigenvalue weighted by Gasteiger charge is -2.25. The molecule has 0 aromatic heterocycles. The van der Waals surface area contributed by atoms with E-state index in [0.29, 0.717) is 0 Å². The summed E-state index contributed by atoms with van der Waals surface area (Å²) in [6, 6.07) is 4.86. The lowest BCUT2D eigenvalue weighted by molar-refractivity contribution is -0.130. The number of nitrogens with one attached hydrogen (secondary N) is 1. The zero-order valence-electron chi connectivity index (χ0n) is 14.1. The van der Waals surface area contributed by atoms with Crippen LogP contribution in [0, 0.1) is 5.82 Å². The molecule has 1 aromatic rings. The predicted molar refractivity (Wildman–Crippen MR) is 87.5 cm³/mol. The molecule has 0 saturated carbocycles. The monoisotopic (exact) mass is 307 g/mol. The molecule has 1 fully saturated rings. The van der Waals surface area contributed by atoms with E-state index in [1.54, 1.807) is 6.07 Å². The first-order valence-corrected chi connectivity index (χ1v) is 7.84. The summed E-state index contributed by atoms with van der Waals surface area (Å²) in [5, 5.41) is 3.40. The number of hydrogen-bond acceptors (Lipinski definition) is 3. The van der Waals surface area contributed by atoms with Crippen LogP contribution in [0.5, 0.6) is 0 Å². The standard InChI is InChI=1S/C17H26FN3O/c1-11(2)21-9-8-15(17(21)22)19-12(3)14-7-6-13(18)10-16(14)20(4)5/h6-7,10-12,15,19H,8-9H2,1-5H3/t12-,15-/m1/s1. The molecule has 1 heterocycles. The number of rotatable bonds is 5. The second-order valence-corrected chi connectivity index (χ2v) is 6.45. The smallest absolute Gasteiger partial charge is 0.240 e. The molecule has 2 atom stereocenters. The fraction of sp³-hybridized carbons (Fsp3) is 0.588. The van der Waals surface area contributed by atoms with E-state index < -0.39 is 0 Å². The number of carbonyl (C=O) groups excluding carboxylic acids is 1. The fourth-order valence-electron chi connectivity index (χ4n) is 3.03. The van der Waals surface area contributed by atoms with Crippen molar-refractivity contribution in [2.24, 2.45) is 0 Å². The number of halogens is 1. The van der Waals surface area contributed by atoms with Crippen LogP contribution in [-0.4, -0.2) is 43.5 Å². The maximum absolute atomic E-state index is 13.5. The molecule has 0 bridgehead atoms. The van der Waals surface area contributed by atoms with Crippen molar-refractivity contribution in [1.82, 2.24) is 10.2 Å². The molecule has 1 aliphatic heterocycles. The third-order valence-corrected chi connectivity index (χ3v) is 4.26. The third-order valence-electron chi connectivity index (χ3n) is 4.26. The minimum atomic E-state index is -0.248. The predicted octanol–water partition coefficient (Wildman–Crippen LogP) is 2.55. The van der Waals surface area contributed by atoms with Gasteiger partial charge in [0.25, 0.3) is 0 Å². The lowest BCUT2D eigenvalue weighted by Crippen LogP contribution is -2.41. The Hall–Kier alpha value is -1.62. The van der Waals surface area contributed by atoms with Gasteiger partial charge in [0, 0.05) is 38.4 Å². The van der Waals surface area contributed by atoms with Crippen LogP contribution in [0.4, 0.5) is 10.1 Å². The van der Waals surface area contributed by atoms with Gasteiger partial charge in [-0.15, -0.1) is 0 Å². The maximum atomic E-state index is 13.5. The normalized spacial score (nSPS) is 19.9. The maximum Gasteiger partial charge on any atom is 0.240 e. The molecule has 2 rings (SSSR count). The Morgan fingerprint density at radius 3 is 2.55 bits per heavy atom. The Bertz CT molecular complexity index is 545. The molecule has 1 amide bonds. The number of amides is 1. The summed E-state index contributed by atoms with van der Waals surface area (Å²) in [4.78, 5) is 16.2. The topological polar surface area (TPSA) is 35.6 Å². The first kappa shape index (κ1) is 16.7. The SMILES string of the molecule is CC(C)N1CC[C@@H](N[C@H](C)c2ccc(F)cc2N(C)C)C1=O. The highest BCUT2D eigenvalue weighted by Crippen LogP contribution is 2.27. The Labute approximate surface area is 132 Å². The van der Waals surface area contributed by atoms with Crippen molar-refractivity contribution in [3.63, 3.8) is 0 Å². The van der Waals surface area contributed by atoms with E-state index in [2.05, 4.69) is 5.32 Å². The summed E-state index contributed by atoms with van der Waals surface area (Å²) >= 11 is 0. The van der Waals surface area contributed by atoms with Gasteiger partial charge >= 0.3 is 0 Å². The van der Waals surface area contributed by atoms with E-state index in [1.807, 2.05) is 44.7 Å². The highest BCUT2D eigenvalue weighted by atomic mass is 19.1. The van der Waals surface area contributed by atoms with Crippen LogP contribution in [0.2, 0.25) is 0 Å². The van der Waals surface area contributed by atoms with Crippen LogP contribution < -0.4 is 10.2 Å².